The van der Waals surface area contributed by atoms with Crippen LogP contribution in [0.1, 0.15) is 56.9 Å². The maximum Gasteiger partial charge on any atom is 0.251 e. The normalized spacial score (nSPS) is 20.7. The highest BCUT2D eigenvalue weighted by molar-refractivity contribution is 7.21. The first kappa shape index (κ1) is 21.3. The van der Waals surface area contributed by atoms with E-state index in [-0.39, 0.29) is 18.2 Å². The highest BCUT2D eigenvalue weighted by atomic mass is 32.1. The number of hydrogen-bond donors (Lipinski definition) is 1. The van der Waals surface area contributed by atoms with Crippen LogP contribution >= 0.6 is 11.3 Å². The molecule has 166 valence electrons. The maximum absolute atomic E-state index is 13.1. The number of amides is 2. The van der Waals surface area contributed by atoms with Crippen LogP contribution in [0.4, 0.5) is 5.69 Å². The number of nitrogens with one attached hydrogen (secondary N) is 1. The quantitative estimate of drug-likeness (QED) is 0.528. The van der Waals surface area contributed by atoms with Gasteiger partial charge in [0.2, 0.25) is 5.91 Å². The lowest BCUT2D eigenvalue weighted by atomic mass is 9.96. The van der Waals surface area contributed by atoms with E-state index in [4.69, 9.17) is 4.98 Å². The summed E-state index contributed by atoms with van der Waals surface area (Å²) in [6.45, 7) is 2.08. The average Bonchev–Trinajstić information content (AvgIpc) is 3.30. The van der Waals surface area contributed by atoms with Crippen LogP contribution in [-0.2, 0) is 9.59 Å². The first-order chi connectivity index (χ1) is 15.6. The van der Waals surface area contributed by atoms with Crippen LogP contribution in [0.2, 0.25) is 0 Å². The molecule has 2 amide bonds. The highest BCUT2D eigenvalue weighted by Gasteiger charge is 2.40. The van der Waals surface area contributed by atoms with Crippen LogP contribution in [0, 0.1) is 6.92 Å². The van der Waals surface area contributed by atoms with E-state index in [9.17, 15) is 9.59 Å². The third kappa shape index (κ3) is 4.34. The first-order valence-electron chi connectivity index (χ1n) is 11.7. The van der Waals surface area contributed by atoms with Gasteiger partial charge in [-0.25, -0.2) is 9.88 Å². The van der Waals surface area contributed by atoms with E-state index >= 15 is 0 Å². The molecule has 1 aliphatic carbocycles. The molecule has 32 heavy (non-hydrogen) atoms. The summed E-state index contributed by atoms with van der Waals surface area (Å²) in [7, 11) is 0. The molecule has 1 aliphatic heterocycles. The van der Waals surface area contributed by atoms with Crippen LogP contribution < -0.4 is 10.2 Å². The fourth-order valence-electron chi connectivity index (χ4n) is 4.85. The van der Waals surface area contributed by atoms with Crippen molar-refractivity contribution >= 4 is 39.1 Å². The van der Waals surface area contributed by atoms with E-state index in [1.165, 1.54) is 42.6 Å². The van der Waals surface area contributed by atoms with Gasteiger partial charge < -0.3 is 5.32 Å². The van der Waals surface area contributed by atoms with Crippen molar-refractivity contribution in [3.8, 4) is 10.6 Å². The van der Waals surface area contributed by atoms with Crippen LogP contribution in [0.3, 0.4) is 0 Å². The van der Waals surface area contributed by atoms with Gasteiger partial charge in [-0.2, -0.15) is 0 Å². The Hall–Kier alpha value is -2.57. The predicted molar refractivity (Wildman–Crippen MR) is 130 cm³/mol. The van der Waals surface area contributed by atoms with Gasteiger partial charge in [-0.1, -0.05) is 38.2 Å². The molecule has 1 atom stereocenters. The smallest absolute Gasteiger partial charge is 0.251 e. The number of carbonyl (C=O) groups excluding carboxylic acids is 2. The number of anilines is 1. The number of imide groups is 1. The van der Waals surface area contributed by atoms with Gasteiger partial charge in [0, 0.05) is 11.6 Å². The molecule has 1 saturated heterocycles. The molecule has 5 rings (SSSR count). The Morgan fingerprint density at radius 1 is 0.969 bits per heavy atom. The van der Waals surface area contributed by atoms with Crippen molar-refractivity contribution in [2.75, 3.05) is 4.90 Å². The Balaban J connectivity index is 1.30. The Kier molecular flexibility index (Phi) is 6.07. The van der Waals surface area contributed by atoms with Crippen molar-refractivity contribution in [2.45, 2.75) is 70.4 Å². The minimum atomic E-state index is -0.404. The minimum absolute atomic E-state index is 0.124. The summed E-state index contributed by atoms with van der Waals surface area (Å²) in [5.74, 6) is -0.248. The number of nitrogens with zero attached hydrogens (tertiary/aromatic N) is 2. The van der Waals surface area contributed by atoms with Gasteiger partial charge in [0.1, 0.15) is 5.01 Å². The maximum atomic E-state index is 13.1. The van der Waals surface area contributed by atoms with Crippen molar-refractivity contribution in [2.24, 2.45) is 0 Å². The fourth-order valence-corrected chi connectivity index (χ4v) is 5.92. The zero-order valence-electron chi connectivity index (χ0n) is 18.5. The third-order valence-electron chi connectivity index (χ3n) is 6.61. The number of benzene rings is 2. The van der Waals surface area contributed by atoms with Crippen LogP contribution in [-0.4, -0.2) is 28.9 Å². The van der Waals surface area contributed by atoms with Crippen LogP contribution in [0.25, 0.3) is 20.8 Å². The number of thiazole rings is 1. The summed E-state index contributed by atoms with van der Waals surface area (Å²) in [4.78, 5) is 31.9. The average molecular weight is 448 g/mol. The number of fused-ring (bicyclic) bond motifs is 1. The lowest BCUT2D eigenvalue weighted by Crippen LogP contribution is -2.44. The van der Waals surface area contributed by atoms with Crippen molar-refractivity contribution in [3.05, 3.63) is 48.0 Å². The van der Waals surface area contributed by atoms with E-state index in [1.54, 1.807) is 11.3 Å². The van der Waals surface area contributed by atoms with Gasteiger partial charge in [0.15, 0.2) is 0 Å². The summed E-state index contributed by atoms with van der Waals surface area (Å²) in [5, 5.41) is 4.45. The van der Waals surface area contributed by atoms with Gasteiger partial charge >= 0.3 is 0 Å². The van der Waals surface area contributed by atoms with E-state index in [2.05, 4.69) is 24.4 Å². The van der Waals surface area contributed by atoms with Crippen LogP contribution in [0.15, 0.2) is 42.5 Å². The standard InChI is InChI=1S/C26H29N3O2S/c1-17-9-14-21-23(15-17)32-25(28-21)18-10-12-20(13-11-18)29-24(30)16-22(26(29)31)27-19-7-5-3-2-4-6-8-19/h9-15,19,22,27H,2-8,16H2,1H3/t22-/m1/s1. The highest BCUT2D eigenvalue weighted by Crippen LogP contribution is 2.33. The molecule has 6 heteroatoms. The Bertz CT molecular complexity index is 1130. The second-order valence-electron chi connectivity index (χ2n) is 9.07. The zero-order valence-corrected chi connectivity index (χ0v) is 19.3. The molecule has 2 aliphatic rings. The number of carbonyl (C=O) groups is 2. The summed E-state index contributed by atoms with van der Waals surface area (Å²) < 4.78 is 1.16. The van der Waals surface area contributed by atoms with Crippen LogP contribution in [0.5, 0.6) is 0 Å². The Labute approximate surface area is 192 Å². The molecule has 1 N–H and O–H groups in total. The first-order valence-corrected chi connectivity index (χ1v) is 12.5. The van der Waals surface area contributed by atoms with Crippen molar-refractivity contribution in [1.82, 2.24) is 10.3 Å². The SMILES string of the molecule is Cc1ccc2nc(-c3ccc(N4C(=O)C[C@@H](NC5CCCCCCC5)C4=O)cc3)sc2c1. The van der Waals surface area contributed by atoms with Crippen molar-refractivity contribution in [1.29, 1.82) is 0 Å². The molecule has 0 spiro atoms. The molecule has 0 unspecified atom stereocenters. The number of aryl methyl sites for hydroxylation is 1. The monoisotopic (exact) mass is 447 g/mol. The third-order valence-corrected chi connectivity index (χ3v) is 7.67. The summed E-state index contributed by atoms with van der Waals surface area (Å²) >= 11 is 1.66. The predicted octanol–water partition coefficient (Wildman–Crippen LogP) is 5.61. The second-order valence-corrected chi connectivity index (χ2v) is 10.1. The van der Waals surface area contributed by atoms with Crippen molar-refractivity contribution in [3.63, 3.8) is 0 Å². The van der Waals surface area contributed by atoms with Crippen molar-refractivity contribution < 1.29 is 9.59 Å². The largest absolute Gasteiger partial charge is 0.303 e. The van der Waals surface area contributed by atoms with Gasteiger partial charge in [0.05, 0.1) is 28.4 Å². The molecule has 5 nitrogen and oxygen atoms in total. The molecule has 2 heterocycles. The van der Waals surface area contributed by atoms with E-state index in [1.807, 2.05) is 30.3 Å². The molecule has 0 bridgehead atoms. The molecule has 0 radical (unpaired) electrons. The summed E-state index contributed by atoms with van der Waals surface area (Å²) in [5.41, 5.74) is 3.85. The minimum Gasteiger partial charge on any atom is -0.303 e. The molecular weight excluding hydrogens is 418 g/mol. The Morgan fingerprint density at radius 2 is 1.69 bits per heavy atom. The molecule has 2 aromatic carbocycles. The van der Waals surface area contributed by atoms with Gasteiger partial charge in [-0.3, -0.25) is 9.59 Å². The molecule has 1 saturated carbocycles. The second kappa shape index (κ2) is 9.12. The van der Waals surface area contributed by atoms with E-state index < -0.39 is 6.04 Å². The van der Waals surface area contributed by atoms with E-state index in [0.29, 0.717) is 11.7 Å². The number of hydrogen-bond acceptors (Lipinski definition) is 5. The number of aromatic nitrogens is 1. The van der Waals surface area contributed by atoms with Gasteiger partial charge in [0.25, 0.3) is 5.91 Å². The lowest BCUT2D eigenvalue weighted by Gasteiger charge is -2.24. The Morgan fingerprint density at radius 3 is 2.44 bits per heavy atom. The lowest BCUT2D eigenvalue weighted by molar-refractivity contribution is -0.121. The number of rotatable bonds is 4. The van der Waals surface area contributed by atoms with Gasteiger partial charge in [-0.05, 0) is 61.7 Å². The topological polar surface area (TPSA) is 62.3 Å². The van der Waals surface area contributed by atoms with E-state index in [0.717, 1.165) is 33.6 Å². The summed E-state index contributed by atoms with van der Waals surface area (Å²) in [6, 6.07) is 13.8. The zero-order chi connectivity index (χ0) is 22.1. The summed E-state index contributed by atoms with van der Waals surface area (Å²) in [6.07, 6.45) is 8.67. The molecule has 1 aromatic heterocycles. The molecule has 2 fully saturated rings. The van der Waals surface area contributed by atoms with Gasteiger partial charge in [-0.15, -0.1) is 11.3 Å². The molecular formula is C26H29N3O2S. The fraction of sp³-hybridized carbons (Fsp3) is 0.423. The molecule has 3 aromatic rings.